The number of ether oxygens (including phenoxy) is 1. The van der Waals surface area contributed by atoms with E-state index in [0.717, 1.165) is 23.2 Å². The van der Waals surface area contributed by atoms with Gasteiger partial charge in [0.05, 0.1) is 5.69 Å². The summed E-state index contributed by atoms with van der Waals surface area (Å²) in [6, 6.07) is 23.6. The van der Waals surface area contributed by atoms with Gasteiger partial charge in [-0.2, -0.15) is 0 Å². The molecule has 3 heteroatoms. The van der Waals surface area contributed by atoms with E-state index in [1.165, 1.54) is 12.1 Å². The van der Waals surface area contributed by atoms with Gasteiger partial charge in [0, 0.05) is 5.56 Å². The molecule has 3 rings (SSSR count). The van der Waals surface area contributed by atoms with Crippen molar-refractivity contribution in [2.75, 3.05) is 0 Å². The Hall–Kier alpha value is -2.94. The van der Waals surface area contributed by atoms with Crippen molar-refractivity contribution in [3.05, 3.63) is 95.8 Å². The Labute approximate surface area is 141 Å². The topological polar surface area (TPSA) is 21.6 Å². The van der Waals surface area contributed by atoms with Crippen molar-refractivity contribution < 1.29 is 9.13 Å². The highest BCUT2D eigenvalue weighted by Gasteiger charge is 2.08. The van der Waals surface area contributed by atoms with Crippen molar-refractivity contribution in [2.45, 2.75) is 13.3 Å². The second-order valence-corrected chi connectivity index (χ2v) is 5.32. The molecule has 0 atom stereocenters. The maximum atomic E-state index is 13.1. The molecule has 0 saturated carbocycles. The van der Waals surface area contributed by atoms with Gasteiger partial charge < -0.3 is 4.74 Å². The van der Waals surface area contributed by atoms with E-state index in [9.17, 15) is 4.39 Å². The van der Waals surface area contributed by atoms with Crippen LogP contribution >= 0.6 is 0 Å². The number of nitrogens with zero attached hydrogens (tertiary/aromatic N) is 1. The van der Waals surface area contributed by atoms with E-state index in [2.05, 4.69) is 13.0 Å². The lowest BCUT2D eigenvalue weighted by molar-refractivity contribution is 0.548. The highest BCUT2D eigenvalue weighted by atomic mass is 19.1. The smallest absolute Gasteiger partial charge is 0.227 e. The van der Waals surface area contributed by atoms with Crippen molar-refractivity contribution in [3.63, 3.8) is 0 Å². The molecule has 3 aromatic carbocycles. The standard InChI is InChI=1S/C21H18FNO/c1-2-16-8-6-7-11-20(16)23-21(17-9-4-3-5-10-17)24-19-14-12-18(22)13-15-19/h3-15H,2H2,1H3. The molecule has 0 aromatic heterocycles. The SMILES string of the molecule is CCc1ccccc1N=C(Oc1ccc(F)cc1)c1ccccc1. The summed E-state index contributed by atoms with van der Waals surface area (Å²) in [6.07, 6.45) is 0.887. The molecular weight excluding hydrogens is 301 g/mol. The maximum Gasteiger partial charge on any atom is 0.227 e. The molecule has 3 aromatic rings. The molecule has 0 aliphatic carbocycles. The normalized spacial score (nSPS) is 11.3. The Morgan fingerprint density at radius 1 is 0.875 bits per heavy atom. The summed E-state index contributed by atoms with van der Waals surface area (Å²) in [5.41, 5.74) is 2.89. The number of hydrogen-bond acceptors (Lipinski definition) is 2. The Kier molecular flexibility index (Phi) is 5.02. The zero-order chi connectivity index (χ0) is 16.8. The zero-order valence-corrected chi connectivity index (χ0v) is 13.4. The van der Waals surface area contributed by atoms with Crippen LogP contribution < -0.4 is 4.74 Å². The second-order valence-electron chi connectivity index (χ2n) is 5.32. The molecular formula is C21H18FNO. The highest BCUT2D eigenvalue weighted by Crippen LogP contribution is 2.22. The zero-order valence-electron chi connectivity index (χ0n) is 13.4. The van der Waals surface area contributed by atoms with Crippen molar-refractivity contribution >= 4 is 11.6 Å². The molecule has 0 fully saturated rings. The molecule has 2 nitrogen and oxygen atoms in total. The van der Waals surface area contributed by atoms with Crippen LogP contribution in [0.5, 0.6) is 5.75 Å². The third-order valence-electron chi connectivity index (χ3n) is 3.64. The predicted octanol–water partition coefficient (Wildman–Crippen LogP) is 5.55. The summed E-state index contributed by atoms with van der Waals surface area (Å²) >= 11 is 0. The van der Waals surface area contributed by atoms with E-state index in [4.69, 9.17) is 9.73 Å². The molecule has 120 valence electrons. The van der Waals surface area contributed by atoms with E-state index in [1.807, 2.05) is 48.5 Å². The molecule has 0 aliphatic rings. The Morgan fingerprint density at radius 2 is 1.54 bits per heavy atom. The Bertz CT molecular complexity index is 826. The average molecular weight is 319 g/mol. The van der Waals surface area contributed by atoms with Crippen LogP contribution in [0.4, 0.5) is 10.1 Å². The lowest BCUT2D eigenvalue weighted by Gasteiger charge is -2.11. The Morgan fingerprint density at radius 3 is 2.25 bits per heavy atom. The van der Waals surface area contributed by atoms with Crippen molar-refractivity contribution in [2.24, 2.45) is 4.99 Å². The lowest BCUT2D eigenvalue weighted by Crippen LogP contribution is -2.10. The number of halogens is 1. The largest absolute Gasteiger partial charge is 0.438 e. The summed E-state index contributed by atoms with van der Waals surface area (Å²) in [7, 11) is 0. The van der Waals surface area contributed by atoms with E-state index in [0.29, 0.717) is 11.6 Å². The van der Waals surface area contributed by atoms with Crippen molar-refractivity contribution in [1.82, 2.24) is 0 Å². The Balaban J connectivity index is 2.02. The first-order valence-corrected chi connectivity index (χ1v) is 7.91. The van der Waals surface area contributed by atoms with E-state index >= 15 is 0 Å². The summed E-state index contributed by atoms with van der Waals surface area (Å²) in [5.74, 6) is 0.743. The third-order valence-corrected chi connectivity index (χ3v) is 3.64. The summed E-state index contributed by atoms with van der Waals surface area (Å²) in [6.45, 7) is 2.09. The fourth-order valence-corrected chi connectivity index (χ4v) is 2.37. The minimum atomic E-state index is -0.295. The fraction of sp³-hybridized carbons (Fsp3) is 0.0952. The van der Waals surface area contributed by atoms with Crippen LogP contribution in [0.25, 0.3) is 0 Å². The van der Waals surface area contributed by atoms with Gasteiger partial charge in [0.1, 0.15) is 11.6 Å². The van der Waals surface area contributed by atoms with Crippen LogP contribution in [0.3, 0.4) is 0 Å². The minimum absolute atomic E-state index is 0.295. The fourth-order valence-electron chi connectivity index (χ4n) is 2.37. The minimum Gasteiger partial charge on any atom is -0.438 e. The van der Waals surface area contributed by atoms with Crippen molar-refractivity contribution in [3.8, 4) is 5.75 Å². The van der Waals surface area contributed by atoms with Crippen molar-refractivity contribution in [1.29, 1.82) is 0 Å². The second kappa shape index (κ2) is 7.55. The van der Waals surface area contributed by atoms with E-state index in [1.54, 1.807) is 12.1 Å². The number of aryl methyl sites for hydroxylation is 1. The summed E-state index contributed by atoms with van der Waals surface area (Å²) in [4.78, 5) is 4.72. The van der Waals surface area contributed by atoms with Crippen LogP contribution in [0, 0.1) is 5.82 Å². The monoisotopic (exact) mass is 319 g/mol. The van der Waals surface area contributed by atoms with Crippen LogP contribution in [-0.2, 0) is 6.42 Å². The van der Waals surface area contributed by atoms with Crippen LogP contribution in [0.2, 0.25) is 0 Å². The number of para-hydroxylation sites is 1. The van der Waals surface area contributed by atoms with Crippen LogP contribution in [-0.4, -0.2) is 5.90 Å². The van der Waals surface area contributed by atoms with Gasteiger partial charge in [-0.15, -0.1) is 0 Å². The molecule has 24 heavy (non-hydrogen) atoms. The molecule has 0 N–H and O–H groups in total. The number of aliphatic imine (C=N–C) groups is 1. The number of benzene rings is 3. The van der Waals surface area contributed by atoms with E-state index in [-0.39, 0.29) is 5.82 Å². The van der Waals surface area contributed by atoms with Crippen LogP contribution in [0.15, 0.2) is 83.9 Å². The third kappa shape index (κ3) is 3.87. The van der Waals surface area contributed by atoms with Gasteiger partial charge in [-0.05, 0) is 54.4 Å². The van der Waals surface area contributed by atoms with E-state index < -0.39 is 0 Å². The molecule has 0 heterocycles. The van der Waals surface area contributed by atoms with Gasteiger partial charge >= 0.3 is 0 Å². The summed E-state index contributed by atoms with van der Waals surface area (Å²) < 4.78 is 19.0. The number of hydrogen-bond donors (Lipinski definition) is 0. The van der Waals surface area contributed by atoms with Gasteiger partial charge in [-0.1, -0.05) is 43.3 Å². The quantitative estimate of drug-likeness (QED) is 0.456. The average Bonchev–Trinajstić information content (AvgIpc) is 2.64. The molecule has 0 bridgehead atoms. The number of rotatable bonds is 4. The first kappa shape index (κ1) is 15.9. The van der Waals surface area contributed by atoms with Gasteiger partial charge in [-0.3, -0.25) is 0 Å². The lowest BCUT2D eigenvalue weighted by atomic mass is 10.1. The molecule has 0 saturated heterocycles. The highest BCUT2D eigenvalue weighted by molar-refractivity contribution is 5.97. The van der Waals surface area contributed by atoms with Gasteiger partial charge in [0.15, 0.2) is 0 Å². The predicted molar refractivity (Wildman–Crippen MR) is 95.5 cm³/mol. The van der Waals surface area contributed by atoms with Gasteiger partial charge in [0.2, 0.25) is 5.90 Å². The molecule has 0 radical (unpaired) electrons. The molecule has 0 unspecified atom stereocenters. The molecule has 0 amide bonds. The van der Waals surface area contributed by atoms with Gasteiger partial charge in [-0.25, -0.2) is 9.38 Å². The van der Waals surface area contributed by atoms with Crippen LogP contribution in [0.1, 0.15) is 18.1 Å². The first-order chi connectivity index (χ1) is 11.8. The maximum absolute atomic E-state index is 13.1. The molecule has 0 aliphatic heterocycles. The first-order valence-electron chi connectivity index (χ1n) is 7.91. The molecule has 0 spiro atoms. The summed E-state index contributed by atoms with van der Waals surface area (Å²) in [5, 5.41) is 0. The van der Waals surface area contributed by atoms with Gasteiger partial charge in [0.25, 0.3) is 0 Å².